The highest BCUT2D eigenvalue weighted by Gasteiger charge is 2.35. The highest BCUT2D eigenvalue weighted by molar-refractivity contribution is 6.10. The number of anilines is 4. The summed E-state index contributed by atoms with van der Waals surface area (Å²) in [5, 5.41) is 8.61. The van der Waals surface area contributed by atoms with E-state index in [9.17, 15) is 18.0 Å². The number of aromatic nitrogens is 4. The van der Waals surface area contributed by atoms with Gasteiger partial charge in [-0.2, -0.15) is 23.3 Å². The highest BCUT2D eigenvalue weighted by atomic mass is 19.4. The third-order valence-electron chi connectivity index (χ3n) is 4.38. The van der Waals surface area contributed by atoms with Gasteiger partial charge in [0.2, 0.25) is 5.95 Å². The van der Waals surface area contributed by atoms with Crippen molar-refractivity contribution in [2.75, 3.05) is 28.8 Å². The number of rotatable bonds is 5. The lowest BCUT2D eigenvalue weighted by molar-refractivity contribution is -0.115. The van der Waals surface area contributed by atoms with Gasteiger partial charge in [0.25, 0.3) is 0 Å². The lowest BCUT2D eigenvalue weighted by Crippen LogP contribution is -2.45. The van der Waals surface area contributed by atoms with Gasteiger partial charge in [-0.15, -0.1) is 0 Å². The van der Waals surface area contributed by atoms with Crippen molar-refractivity contribution in [1.82, 2.24) is 20.2 Å². The molecule has 1 aliphatic rings. The van der Waals surface area contributed by atoms with E-state index >= 15 is 0 Å². The fraction of sp³-hybridized carbons (Fsp3) is 0.222. The largest absolute Gasteiger partial charge is 0.497 e. The Balaban J connectivity index is 1.72. The molecular weight excluding hydrogens is 403 g/mol. The van der Waals surface area contributed by atoms with Gasteiger partial charge in [-0.1, -0.05) is 0 Å². The van der Waals surface area contributed by atoms with E-state index in [1.807, 2.05) is 0 Å². The van der Waals surface area contributed by atoms with E-state index in [0.717, 1.165) is 0 Å². The Bertz CT molecular complexity index is 1040. The molecule has 9 nitrogen and oxygen atoms in total. The van der Waals surface area contributed by atoms with Crippen LogP contribution in [-0.4, -0.2) is 46.0 Å². The molecule has 30 heavy (non-hydrogen) atoms. The minimum absolute atomic E-state index is 0.147. The van der Waals surface area contributed by atoms with E-state index in [1.54, 1.807) is 31.4 Å². The van der Waals surface area contributed by atoms with Crippen molar-refractivity contribution >= 4 is 29.2 Å². The number of hydrogen-bond donors (Lipinski definition) is 2. The number of aromatic amines is 1. The van der Waals surface area contributed by atoms with Crippen molar-refractivity contribution in [3.05, 3.63) is 48.4 Å². The summed E-state index contributed by atoms with van der Waals surface area (Å²) in [7, 11) is 1.54. The van der Waals surface area contributed by atoms with Crippen LogP contribution in [0.15, 0.2) is 42.9 Å². The third-order valence-corrected chi connectivity index (χ3v) is 4.38. The second-order valence-corrected chi connectivity index (χ2v) is 6.37. The molecule has 0 bridgehead atoms. The van der Waals surface area contributed by atoms with E-state index in [4.69, 9.17) is 4.74 Å². The second kappa shape index (κ2) is 7.54. The monoisotopic (exact) mass is 419 g/mol. The van der Waals surface area contributed by atoms with Crippen molar-refractivity contribution in [2.24, 2.45) is 0 Å². The summed E-state index contributed by atoms with van der Waals surface area (Å²) in [6, 6.07) is 6.47. The first-order chi connectivity index (χ1) is 14.4. The molecule has 0 saturated heterocycles. The van der Waals surface area contributed by atoms with Crippen LogP contribution in [0.2, 0.25) is 0 Å². The zero-order valence-corrected chi connectivity index (χ0v) is 15.6. The number of alkyl halides is 3. The molecule has 156 valence electrons. The summed E-state index contributed by atoms with van der Waals surface area (Å²) in [5.41, 5.74) is 1.56. The normalized spacial score (nSPS) is 13.9. The smallest absolute Gasteiger partial charge is 0.405 e. The van der Waals surface area contributed by atoms with Crippen LogP contribution >= 0.6 is 0 Å². The van der Waals surface area contributed by atoms with Crippen molar-refractivity contribution in [1.29, 1.82) is 0 Å². The average molecular weight is 419 g/mol. The molecular formula is C18H16F3N7O2. The Kier molecular flexibility index (Phi) is 4.90. The number of fused-ring (bicyclic) bond motifs is 1. The van der Waals surface area contributed by atoms with Crippen LogP contribution in [0.5, 0.6) is 5.75 Å². The van der Waals surface area contributed by atoms with Crippen molar-refractivity contribution in [3.63, 3.8) is 0 Å². The number of ether oxygens (including phenoxy) is 1. The molecule has 2 aromatic heterocycles. The van der Waals surface area contributed by atoms with E-state index in [2.05, 4.69) is 25.5 Å². The zero-order chi connectivity index (χ0) is 21.3. The molecule has 0 fully saturated rings. The highest BCUT2D eigenvalue weighted by Crippen LogP contribution is 2.36. The molecule has 4 rings (SSSR count). The lowest BCUT2D eigenvalue weighted by atomic mass is 10.2. The van der Waals surface area contributed by atoms with Crippen molar-refractivity contribution in [2.45, 2.75) is 12.7 Å². The van der Waals surface area contributed by atoms with Crippen LogP contribution in [0.4, 0.5) is 41.1 Å². The molecule has 12 heteroatoms. The quantitative estimate of drug-likeness (QED) is 0.657. The number of urea groups is 1. The number of H-pyrrole nitrogens is 1. The average Bonchev–Trinajstić information content (AvgIpc) is 3.25. The predicted molar refractivity (Wildman–Crippen MR) is 102 cm³/mol. The number of methoxy groups -OCH3 is 1. The Labute approximate surface area is 168 Å². The maximum absolute atomic E-state index is 13.3. The van der Waals surface area contributed by atoms with E-state index in [0.29, 0.717) is 22.7 Å². The van der Waals surface area contributed by atoms with Gasteiger partial charge in [0.05, 0.1) is 25.5 Å². The predicted octanol–water partition coefficient (Wildman–Crippen LogP) is 3.46. The molecule has 3 aromatic rings. The number of carbonyl (C=O) groups excluding carboxylic acids is 1. The Morgan fingerprint density at radius 3 is 2.60 bits per heavy atom. The van der Waals surface area contributed by atoms with E-state index in [1.165, 1.54) is 28.4 Å². The number of nitrogens with one attached hydrogen (secondary N) is 2. The fourth-order valence-corrected chi connectivity index (χ4v) is 2.98. The molecule has 0 unspecified atom stereocenters. The van der Waals surface area contributed by atoms with Crippen molar-refractivity contribution < 1.29 is 22.7 Å². The molecule has 1 aromatic carbocycles. The molecule has 2 N–H and O–H groups in total. The SMILES string of the molecule is COc1ccc(N2Cc3cnc(NCC(F)(F)F)nc3N(c3cn[nH]c3)C2=O)cc1. The van der Waals surface area contributed by atoms with Crippen LogP contribution in [0, 0.1) is 0 Å². The first-order valence-corrected chi connectivity index (χ1v) is 8.77. The molecule has 0 spiro atoms. The molecule has 3 heterocycles. The summed E-state index contributed by atoms with van der Waals surface area (Å²) in [6.07, 6.45) is -0.115. The first-order valence-electron chi connectivity index (χ1n) is 8.77. The van der Waals surface area contributed by atoms with Gasteiger partial charge in [-0.05, 0) is 24.3 Å². The molecule has 0 atom stereocenters. The number of halogens is 3. The van der Waals surface area contributed by atoms with E-state index < -0.39 is 18.8 Å². The lowest BCUT2D eigenvalue weighted by Gasteiger charge is -2.35. The number of amides is 2. The van der Waals surface area contributed by atoms with Crippen LogP contribution in [-0.2, 0) is 6.54 Å². The molecule has 1 aliphatic heterocycles. The number of carbonyl (C=O) groups is 1. The molecule has 0 saturated carbocycles. The molecule has 2 amide bonds. The summed E-state index contributed by atoms with van der Waals surface area (Å²) in [4.78, 5) is 24.2. The molecule has 0 radical (unpaired) electrons. The second-order valence-electron chi connectivity index (χ2n) is 6.37. The number of nitrogens with zero attached hydrogens (tertiary/aromatic N) is 5. The van der Waals surface area contributed by atoms with Gasteiger partial charge in [0.15, 0.2) is 5.82 Å². The Morgan fingerprint density at radius 2 is 1.97 bits per heavy atom. The Morgan fingerprint density at radius 1 is 1.20 bits per heavy atom. The number of benzene rings is 1. The van der Waals surface area contributed by atoms with Gasteiger partial charge in [-0.3, -0.25) is 10.00 Å². The standard InChI is InChI=1S/C18H16F3N7O2/c1-30-14-4-2-12(3-5-14)27-9-11-6-22-16(23-10-18(19,20)21)26-15(11)28(17(27)29)13-7-24-25-8-13/h2-8H,9-10H2,1H3,(H,24,25)(H,22,23,26). The van der Waals surface area contributed by atoms with E-state index in [-0.39, 0.29) is 18.3 Å². The minimum atomic E-state index is -4.43. The van der Waals surface area contributed by atoms with Crippen molar-refractivity contribution in [3.8, 4) is 5.75 Å². The van der Waals surface area contributed by atoms with Gasteiger partial charge in [-0.25, -0.2) is 14.7 Å². The van der Waals surface area contributed by atoms with Gasteiger partial charge in [0.1, 0.15) is 12.3 Å². The topological polar surface area (TPSA) is 99.3 Å². The first kappa shape index (κ1) is 19.5. The van der Waals surface area contributed by atoms with Crippen LogP contribution in [0.1, 0.15) is 5.56 Å². The maximum atomic E-state index is 13.3. The van der Waals surface area contributed by atoms with Crippen LogP contribution in [0.25, 0.3) is 0 Å². The summed E-state index contributed by atoms with van der Waals surface area (Å²) in [6.45, 7) is -1.14. The minimum Gasteiger partial charge on any atom is -0.497 e. The van der Waals surface area contributed by atoms with Gasteiger partial charge >= 0.3 is 12.2 Å². The molecule has 0 aliphatic carbocycles. The fourth-order valence-electron chi connectivity index (χ4n) is 2.98. The zero-order valence-electron chi connectivity index (χ0n) is 15.6. The maximum Gasteiger partial charge on any atom is 0.405 e. The number of hydrogen-bond acceptors (Lipinski definition) is 6. The summed E-state index contributed by atoms with van der Waals surface area (Å²) in [5.74, 6) is 0.593. The Hall–Kier alpha value is -3.83. The summed E-state index contributed by atoms with van der Waals surface area (Å²) < 4.78 is 42.7. The summed E-state index contributed by atoms with van der Waals surface area (Å²) >= 11 is 0. The van der Waals surface area contributed by atoms with Gasteiger partial charge < -0.3 is 10.1 Å². The van der Waals surface area contributed by atoms with Crippen LogP contribution < -0.4 is 19.9 Å². The van der Waals surface area contributed by atoms with Crippen LogP contribution in [0.3, 0.4) is 0 Å². The van der Waals surface area contributed by atoms with Gasteiger partial charge in [0, 0.05) is 23.6 Å². The third kappa shape index (κ3) is 3.83.